The Morgan fingerprint density at radius 2 is 1.50 bits per heavy atom. The molecule has 0 radical (unpaired) electrons. The van der Waals surface area contributed by atoms with Crippen LogP contribution in [0.4, 0.5) is 5.69 Å². The maximum Gasteiger partial charge on any atom is 0.271 e. The fourth-order valence-electron chi connectivity index (χ4n) is 5.23. The number of nitrogens with zero attached hydrogens (tertiary/aromatic N) is 2. The van der Waals surface area contributed by atoms with Gasteiger partial charge in [-0.05, 0) is 104 Å². The second-order valence-corrected chi connectivity index (χ2v) is 11.2. The number of piperidine rings is 1. The van der Waals surface area contributed by atoms with Gasteiger partial charge in [0.25, 0.3) is 11.8 Å². The molecule has 2 amide bonds. The summed E-state index contributed by atoms with van der Waals surface area (Å²) in [5.41, 5.74) is 8.32. The Hall–Kier alpha value is -4.26. The Morgan fingerprint density at radius 1 is 0.786 bits per heavy atom. The van der Waals surface area contributed by atoms with Gasteiger partial charge in [-0.3, -0.25) is 14.5 Å². The average Bonchev–Trinajstić information content (AvgIpc) is 3.01. The van der Waals surface area contributed by atoms with Gasteiger partial charge >= 0.3 is 0 Å². The number of rotatable bonds is 9. The summed E-state index contributed by atoms with van der Waals surface area (Å²) in [5.74, 6) is 0.218. The van der Waals surface area contributed by atoms with Crippen molar-refractivity contribution >= 4 is 34.8 Å². The minimum atomic E-state index is -0.270. The van der Waals surface area contributed by atoms with Gasteiger partial charge in [0, 0.05) is 28.4 Å². The highest BCUT2D eigenvalue weighted by Crippen LogP contribution is 2.23. The van der Waals surface area contributed by atoms with Crippen LogP contribution < -0.4 is 10.7 Å². The Morgan fingerprint density at radius 3 is 2.24 bits per heavy atom. The third kappa shape index (κ3) is 8.15. The number of amides is 2. The zero-order chi connectivity index (χ0) is 29.3. The summed E-state index contributed by atoms with van der Waals surface area (Å²) in [6.07, 6.45) is 3.58. The van der Waals surface area contributed by atoms with Crippen LogP contribution in [0.2, 0.25) is 5.02 Å². The molecule has 0 bridgehead atoms. The van der Waals surface area contributed by atoms with Crippen LogP contribution in [0.3, 0.4) is 0 Å². The monoisotopic (exact) mass is 578 g/mol. The highest BCUT2D eigenvalue weighted by molar-refractivity contribution is 6.31. The van der Waals surface area contributed by atoms with Crippen molar-refractivity contribution in [3.05, 3.63) is 136 Å². The smallest absolute Gasteiger partial charge is 0.271 e. The summed E-state index contributed by atoms with van der Waals surface area (Å²) in [6, 6.07) is 32.6. The molecule has 0 atom stereocenters. The summed E-state index contributed by atoms with van der Waals surface area (Å²) < 4.78 is 0. The summed E-state index contributed by atoms with van der Waals surface area (Å²) in [5, 5.41) is 7.67. The van der Waals surface area contributed by atoms with Gasteiger partial charge in [-0.15, -0.1) is 0 Å². The van der Waals surface area contributed by atoms with Crippen molar-refractivity contribution in [3.63, 3.8) is 0 Å². The molecule has 7 heteroatoms. The van der Waals surface area contributed by atoms with E-state index in [4.69, 9.17) is 11.6 Å². The maximum absolute atomic E-state index is 12.8. The number of likely N-dealkylation sites (tertiary alicyclic amines) is 1. The number of benzene rings is 4. The lowest BCUT2D eigenvalue weighted by Crippen LogP contribution is -2.33. The largest absolute Gasteiger partial charge is 0.322 e. The highest BCUT2D eigenvalue weighted by atomic mass is 35.5. The third-order valence-corrected chi connectivity index (χ3v) is 7.88. The SMILES string of the molecule is C/C(=N\NC(=O)c1ccc(CN2CCC(Cc3ccccc3)CC2)cc1)c1cccc(NC(=O)c2cccc(Cl)c2)c1. The van der Waals surface area contributed by atoms with E-state index < -0.39 is 0 Å². The number of anilines is 1. The molecule has 1 aliphatic rings. The minimum Gasteiger partial charge on any atom is -0.322 e. The van der Waals surface area contributed by atoms with Gasteiger partial charge < -0.3 is 5.32 Å². The Labute approximate surface area is 252 Å². The first-order valence-corrected chi connectivity index (χ1v) is 14.7. The van der Waals surface area contributed by atoms with Gasteiger partial charge in [-0.25, -0.2) is 5.43 Å². The van der Waals surface area contributed by atoms with Crippen molar-refractivity contribution < 1.29 is 9.59 Å². The standard InChI is InChI=1S/C35H35ClN4O2/c1-25(30-9-6-12-33(23-30)37-34(41)31-10-5-11-32(36)22-31)38-39-35(42)29-15-13-28(14-16-29)24-40-19-17-27(18-20-40)21-26-7-3-2-4-8-26/h2-16,22-23,27H,17-21,24H2,1H3,(H,37,41)(H,39,42)/b38-25+. The van der Waals surface area contributed by atoms with Crippen LogP contribution in [-0.2, 0) is 13.0 Å². The number of hydrogen-bond donors (Lipinski definition) is 2. The Bertz CT molecular complexity index is 1550. The predicted molar refractivity (Wildman–Crippen MR) is 170 cm³/mol. The van der Waals surface area contributed by atoms with E-state index in [0.29, 0.717) is 27.5 Å². The molecule has 1 heterocycles. The van der Waals surface area contributed by atoms with Gasteiger partial charge in [0.1, 0.15) is 0 Å². The lowest BCUT2D eigenvalue weighted by molar-refractivity contribution is 0.0954. The molecular weight excluding hydrogens is 544 g/mol. The van der Waals surface area contributed by atoms with E-state index in [1.54, 1.807) is 30.3 Å². The molecule has 2 N–H and O–H groups in total. The van der Waals surface area contributed by atoms with Gasteiger partial charge in [0.2, 0.25) is 0 Å². The van der Waals surface area contributed by atoms with Gasteiger partial charge in [0.15, 0.2) is 0 Å². The summed E-state index contributed by atoms with van der Waals surface area (Å²) in [4.78, 5) is 27.8. The van der Waals surface area contributed by atoms with Crippen LogP contribution in [0.25, 0.3) is 0 Å². The van der Waals surface area contributed by atoms with Crippen molar-refractivity contribution in [2.45, 2.75) is 32.7 Å². The zero-order valence-electron chi connectivity index (χ0n) is 23.7. The topological polar surface area (TPSA) is 73.8 Å². The van der Waals surface area contributed by atoms with E-state index in [2.05, 4.69) is 51.1 Å². The molecule has 4 aromatic carbocycles. The van der Waals surface area contributed by atoms with Crippen molar-refractivity contribution in [1.29, 1.82) is 0 Å². The van der Waals surface area contributed by atoms with Crippen molar-refractivity contribution in [1.82, 2.24) is 10.3 Å². The van der Waals surface area contributed by atoms with E-state index in [-0.39, 0.29) is 11.8 Å². The number of carbonyl (C=O) groups is 2. The second-order valence-electron chi connectivity index (χ2n) is 10.8. The molecule has 1 aliphatic heterocycles. The molecule has 214 valence electrons. The van der Waals surface area contributed by atoms with Crippen LogP contribution >= 0.6 is 11.6 Å². The van der Waals surface area contributed by atoms with Gasteiger partial charge in [0.05, 0.1) is 5.71 Å². The molecule has 0 aliphatic carbocycles. The third-order valence-electron chi connectivity index (χ3n) is 7.65. The molecule has 0 aromatic heterocycles. The number of hydrazone groups is 1. The summed E-state index contributed by atoms with van der Waals surface area (Å²) in [7, 11) is 0. The van der Waals surface area contributed by atoms with E-state index >= 15 is 0 Å². The normalized spacial score (nSPS) is 14.4. The first kappa shape index (κ1) is 29.2. The van der Waals surface area contributed by atoms with Gasteiger partial charge in [-0.1, -0.05) is 72.3 Å². The molecule has 0 saturated carbocycles. The van der Waals surface area contributed by atoms with E-state index in [0.717, 1.165) is 37.5 Å². The highest BCUT2D eigenvalue weighted by Gasteiger charge is 2.19. The number of hydrogen-bond acceptors (Lipinski definition) is 4. The molecule has 1 fully saturated rings. The Kier molecular flexibility index (Phi) is 9.80. The van der Waals surface area contributed by atoms with Crippen LogP contribution in [0.15, 0.2) is 108 Å². The molecule has 4 aromatic rings. The van der Waals surface area contributed by atoms with E-state index in [1.165, 1.54) is 24.0 Å². The van der Waals surface area contributed by atoms with Crippen LogP contribution in [0.1, 0.15) is 57.2 Å². The number of nitrogens with one attached hydrogen (secondary N) is 2. The predicted octanol–water partition coefficient (Wildman–Crippen LogP) is 7.20. The quantitative estimate of drug-likeness (QED) is 0.163. The maximum atomic E-state index is 12.8. The molecule has 5 rings (SSSR count). The van der Waals surface area contributed by atoms with Gasteiger partial charge in [-0.2, -0.15) is 5.10 Å². The van der Waals surface area contributed by atoms with Crippen molar-refractivity contribution in [3.8, 4) is 0 Å². The first-order valence-electron chi connectivity index (χ1n) is 14.3. The van der Waals surface area contributed by atoms with Crippen LogP contribution in [0, 0.1) is 5.92 Å². The average molecular weight is 579 g/mol. The number of halogens is 1. The molecule has 6 nitrogen and oxygen atoms in total. The Balaban J connectivity index is 1.10. The van der Waals surface area contributed by atoms with E-state index in [1.807, 2.05) is 49.4 Å². The molecule has 0 unspecified atom stereocenters. The fraction of sp³-hybridized carbons (Fsp3) is 0.229. The van der Waals surface area contributed by atoms with Crippen LogP contribution in [-0.4, -0.2) is 35.5 Å². The fourth-order valence-corrected chi connectivity index (χ4v) is 5.42. The molecule has 0 spiro atoms. The summed E-state index contributed by atoms with van der Waals surface area (Å²) in [6.45, 7) is 4.89. The van der Waals surface area contributed by atoms with Crippen molar-refractivity contribution in [2.24, 2.45) is 11.0 Å². The second kappa shape index (κ2) is 14.1. The zero-order valence-corrected chi connectivity index (χ0v) is 24.5. The van der Waals surface area contributed by atoms with E-state index in [9.17, 15) is 9.59 Å². The lowest BCUT2D eigenvalue weighted by atomic mass is 9.90. The van der Waals surface area contributed by atoms with Crippen LogP contribution in [0.5, 0.6) is 0 Å². The summed E-state index contributed by atoms with van der Waals surface area (Å²) >= 11 is 6.00. The minimum absolute atomic E-state index is 0.256. The number of carbonyl (C=O) groups excluding carboxylic acids is 2. The molecule has 42 heavy (non-hydrogen) atoms. The van der Waals surface area contributed by atoms with Crippen molar-refractivity contribution in [2.75, 3.05) is 18.4 Å². The molecular formula is C35H35ClN4O2. The molecule has 1 saturated heterocycles. The first-order chi connectivity index (χ1) is 20.4. The lowest BCUT2D eigenvalue weighted by Gasteiger charge is -2.32.